The maximum atomic E-state index is 11.9. The van der Waals surface area contributed by atoms with Crippen molar-refractivity contribution in [1.29, 1.82) is 0 Å². The number of benzene rings is 14. The van der Waals surface area contributed by atoms with Crippen molar-refractivity contribution in [2.45, 2.75) is 209 Å². The summed E-state index contributed by atoms with van der Waals surface area (Å²) in [4.78, 5) is 2.77. The Morgan fingerprint density at radius 1 is 0.248 bits per heavy atom. The van der Waals surface area contributed by atoms with Gasteiger partial charge in [-0.05, 0) is 216 Å². The Kier molecular flexibility index (Phi) is 11.1. The molecular formula is C116H119BN4. The van der Waals surface area contributed by atoms with E-state index in [9.17, 15) is 52.1 Å². The zero-order chi connectivity index (χ0) is 119. The Hall–Kier alpha value is -11.7. The molecule has 4 nitrogen and oxygen atoms in total. The van der Waals surface area contributed by atoms with Crippen LogP contribution in [0.25, 0.3) is 111 Å². The van der Waals surface area contributed by atoms with Gasteiger partial charge in [0.05, 0.1) is 92.6 Å². The molecule has 0 spiro atoms. The lowest BCUT2D eigenvalue weighted by molar-refractivity contribution is 0.569. The van der Waals surface area contributed by atoms with Gasteiger partial charge in [-0.3, -0.25) is 0 Å². The Bertz CT molecular complexity index is 9020. The summed E-state index contributed by atoms with van der Waals surface area (Å²) in [5, 5.41) is -1.97. The van der Waals surface area contributed by atoms with Crippen LogP contribution in [0.2, 0.25) is 0 Å². The van der Waals surface area contributed by atoms with Gasteiger partial charge in [-0.1, -0.05) is 372 Å². The smallest absolute Gasteiger partial charge is 0.252 e. The highest BCUT2D eigenvalue weighted by Gasteiger charge is 2.47. The highest BCUT2D eigenvalue weighted by Crippen LogP contribution is 2.58. The second-order valence-corrected chi connectivity index (χ2v) is 40.0. The second-order valence-electron chi connectivity index (χ2n) is 40.0. The molecule has 0 atom stereocenters. The predicted molar refractivity (Wildman–Crippen MR) is 526 cm³/mol. The fourth-order valence-corrected chi connectivity index (χ4v) is 16.3. The van der Waals surface area contributed by atoms with Crippen LogP contribution in [0.15, 0.2) is 284 Å². The number of hydrogen-bond donors (Lipinski definition) is 0. The largest absolute Gasteiger partial charge is 0.310 e. The quantitative estimate of drug-likeness (QED) is 0.134. The molecule has 0 radical (unpaired) electrons. The lowest BCUT2D eigenvalue weighted by Crippen LogP contribution is -2.61. The zero-order valence-corrected chi connectivity index (χ0v) is 73.0. The lowest BCUT2D eigenvalue weighted by atomic mass is 9.33. The molecule has 2 aromatic heterocycles. The minimum Gasteiger partial charge on any atom is -0.310 e. The van der Waals surface area contributed by atoms with Crippen LogP contribution < -0.4 is 26.2 Å². The van der Waals surface area contributed by atoms with Crippen LogP contribution in [0.5, 0.6) is 0 Å². The predicted octanol–water partition coefficient (Wildman–Crippen LogP) is 30.7. The first kappa shape index (κ1) is 46.9. The highest BCUT2D eigenvalue weighted by atomic mass is 15.2. The third-order valence-electron chi connectivity index (χ3n) is 22.7. The molecule has 16 aromatic rings. The van der Waals surface area contributed by atoms with Gasteiger partial charge >= 0.3 is 0 Å². The first-order valence-electron chi connectivity index (χ1n) is 60.4. The maximum Gasteiger partial charge on any atom is 0.252 e. The second kappa shape index (κ2) is 28.5. The first-order valence-corrected chi connectivity index (χ1v) is 40.9. The average Bonchev–Trinajstić information content (AvgIpc) is 0.986. The van der Waals surface area contributed by atoms with Gasteiger partial charge in [0.25, 0.3) is 6.71 Å². The molecule has 0 saturated carbocycles. The summed E-state index contributed by atoms with van der Waals surface area (Å²) >= 11 is 0. The van der Waals surface area contributed by atoms with Crippen molar-refractivity contribution >= 4 is 101 Å². The van der Waals surface area contributed by atoms with Crippen LogP contribution in [-0.2, 0) is 43.3 Å². The van der Waals surface area contributed by atoms with Crippen molar-refractivity contribution < 1.29 is 53.5 Å². The fourth-order valence-electron chi connectivity index (χ4n) is 16.3. The molecule has 5 heteroatoms. The van der Waals surface area contributed by atoms with E-state index in [-0.39, 0.29) is 95.1 Å². The third-order valence-corrected chi connectivity index (χ3v) is 22.7. The molecule has 14 aromatic carbocycles. The average molecular weight is 1620 g/mol. The molecule has 121 heavy (non-hydrogen) atoms. The minimum absolute atomic E-state index is 0.0410. The van der Waals surface area contributed by atoms with E-state index in [1.807, 2.05) is 0 Å². The summed E-state index contributed by atoms with van der Waals surface area (Å²) in [5.74, 6) is 0. The standard InChI is InChI=1S/C116H119BN4/c1-109(2,3)77-54-49-73(50-55-77)89-65-81(113(13,14)15)67-91(76-61-79(111(7,8)9)64-80(62-76)112(10,11)12)107(89)121-102-69-83(118-97-45-32-28-39-85(97)86-40-29-33-46-98(86)118)58-60-96(102)117-95-59-53-75(72-37-26-25-27-38-72)63-101(95)120(103-70-84(71-104(121)106(103)117)119-99-47-34-30-41-87(99)88-42-31-35-48-100(88)119)108-90(74-51-56-78(57-52-74)110(4,5)6)66-82(114(16,17)18)68-92(108)105-93(115(19,20)21)43-36-44-94(105)116(22,23)24/h25-71H,1-24H3/i25D,26D,27D,28D,29D,30D,31D,32D,33D,34D,35D,36D,37D,38D,39D,40D,41D,42D,43D,44D,45D,46D,47D,48D,49D,50D,51D,52D,54D,55D,56D,57D,61D,62D,64D,65D,66D,67D,68D. The molecular weight excluding hydrogens is 1460 g/mol. The number of nitrogens with zero attached hydrogens (tertiary/aromatic N) is 4. The Morgan fingerprint density at radius 3 is 0.992 bits per heavy atom. The van der Waals surface area contributed by atoms with E-state index < -0.39 is 396 Å². The van der Waals surface area contributed by atoms with Crippen LogP contribution in [0.1, 0.15) is 264 Å². The molecule has 2 aliphatic rings. The summed E-state index contributed by atoms with van der Waals surface area (Å²) in [6.07, 6.45) is 0. The molecule has 18 rings (SSSR count). The summed E-state index contributed by atoms with van der Waals surface area (Å²) in [5.41, 5.74) is -23.0. The van der Waals surface area contributed by atoms with E-state index in [0.29, 0.717) is 0 Å². The van der Waals surface area contributed by atoms with Crippen molar-refractivity contribution in [2.24, 2.45) is 0 Å². The van der Waals surface area contributed by atoms with Gasteiger partial charge in [-0.2, -0.15) is 0 Å². The molecule has 606 valence electrons. The number of fused-ring (bicyclic) bond motifs is 10. The molecule has 0 unspecified atom stereocenters. The normalized spacial score (nSPS) is 18.1. The molecule has 0 saturated heterocycles. The SMILES string of the molecule is [2H]c1c([2H])c([2H])c(-c2ccc3c(c2)N(c2c(-c4c([2H])c([2H])c(C(C)(C)C)c([2H])c4[2H])c([2H])c(C(C)(C)C)c([2H])c2-c2c(C(C)(C)C)c([2H])c([2H])c([2H])c2C(C)(C)C)c2cc(-n4c5c([2H])c([2H])c([2H])c([2H])c5c5c([2H])c([2H])c([2H])c([2H])c54)cc4c2B3c2ccc(-n3c5c([2H])c([2H])c([2H])c([2H])c5c5c([2H])c([2H])c([2H])c([2H])c53)cc2N4c2c(-c3c([2H])c([2H])c(C(C)(C)C)c([2H])c3[2H])c([2H])c(C(C)(C)C)c([2H])c2-c2c([2H])c(C(C)(C)C)c([2H])c(C(C)(C)C)c2[2H])c([2H])c1[2H]. The van der Waals surface area contributed by atoms with Gasteiger partial charge in [0.1, 0.15) is 0 Å². The molecule has 0 amide bonds. The van der Waals surface area contributed by atoms with Gasteiger partial charge in [0, 0.05) is 72.2 Å². The Morgan fingerprint density at radius 2 is 0.587 bits per heavy atom. The summed E-state index contributed by atoms with van der Waals surface area (Å²) < 4.78 is 407. The summed E-state index contributed by atoms with van der Waals surface area (Å²) in [6, 6.07) is -18.8. The monoisotopic (exact) mass is 1620 g/mol. The van der Waals surface area contributed by atoms with E-state index in [2.05, 4.69) is 0 Å². The van der Waals surface area contributed by atoms with Crippen molar-refractivity contribution in [3.8, 4) is 67.0 Å². The van der Waals surface area contributed by atoms with Crippen molar-refractivity contribution in [2.75, 3.05) is 9.80 Å². The van der Waals surface area contributed by atoms with Gasteiger partial charge in [-0.25, -0.2) is 0 Å². The first-order chi connectivity index (χ1) is 73.4. The molecule has 0 N–H and O–H groups in total. The van der Waals surface area contributed by atoms with Gasteiger partial charge in [-0.15, -0.1) is 0 Å². The van der Waals surface area contributed by atoms with Gasteiger partial charge in [0.2, 0.25) is 0 Å². The highest BCUT2D eigenvalue weighted by molar-refractivity contribution is 7.00. The van der Waals surface area contributed by atoms with E-state index in [1.165, 1.54) is 62.9 Å². The zero-order valence-electron chi connectivity index (χ0n) is 112. The molecule has 2 aliphatic heterocycles. The number of aromatic nitrogens is 2. The van der Waals surface area contributed by atoms with Crippen LogP contribution in [0.4, 0.5) is 34.1 Å². The van der Waals surface area contributed by atoms with E-state index in [1.54, 1.807) is 166 Å². The van der Waals surface area contributed by atoms with Gasteiger partial charge in [0.15, 0.2) is 0 Å². The topological polar surface area (TPSA) is 16.3 Å². The maximum absolute atomic E-state index is 11.9. The van der Waals surface area contributed by atoms with Crippen LogP contribution in [-0.4, -0.2) is 15.8 Å². The van der Waals surface area contributed by atoms with Crippen LogP contribution in [0, 0.1) is 0 Å². The van der Waals surface area contributed by atoms with Crippen molar-refractivity contribution in [3.05, 3.63) is 329 Å². The van der Waals surface area contributed by atoms with E-state index in [0.717, 1.165) is 4.57 Å². The van der Waals surface area contributed by atoms with Crippen molar-refractivity contribution in [1.82, 2.24) is 9.13 Å². The number of rotatable bonds is 9. The third kappa shape index (κ3) is 14.0. The molecule has 0 fully saturated rings. The number of hydrogen-bond acceptors (Lipinski definition) is 2. The van der Waals surface area contributed by atoms with Crippen LogP contribution in [0.3, 0.4) is 0 Å². The molecule has 0 aliphatic carbocycles. The van der Waals surface area contributed by atoms with Gasteiger partial charge < -0.3 is 18.9 Å². The van der Waals surface area contributed by atoms with E-state index in [4.69, 9.17) is 1.37 Å². The number of anilines is 6. The van der Waals surface area contributed by atoms with E-state index >= 15 is 0 Å². The Labute approximate surface area is 775 Å². The van der Waals surface area contributed by atoms with Crippen LogP contribution >= 0.6 is 0 Å². The summed E-state index contributed by atoms with van der Waals surface area (Å²) in [6.45, 7) is 38.7. The fraction of sp³-hybridized carbons (Fsp3) is 0.276. The van der Waals surface area contributed by atoms with Crippen molar-refractivity contribution in [3.63, 3.8) is 0 Å². The molecule has 4 heterocycles. The lowest BCUT2D eigenvalue weighted by Gasteiger charge is -2.46. The molecule has 0 bridgehead atoms. The summed E-state index contributed by atoms with van der Waals surface area (Å²) in [7, 11) is 0. The number of para-hydroxylation sites is 4. The minimum atomic E-state index is -1.74. The Balaban J connectivity index is 1.28.